The van der Waals surface area contributed by atoms with Crippen LogP contribution in [-0.2, 0) is 4.84 Å². The van der Waals surface area contributed by atoms with Crippen molar-refractivity contribution < 1.29 is 4.84 Å². The summed E-state index contributed by atoms with van der Waals surface area (Å²) in [6.07, 6.45) is 3.71. The van der Waals surface area contributed by atoms with Gasteiger partial charge in [-0.1, -0.05) is 0 Å². The maximum Gasteiger partial charge on any atom is 0.138 e. The second-order valence-corrected chi connectivity index (χ2v) is 4.93. The maximum absolute atomic E-state index is 9.40. The van der Waals surface area contributed by atoms with Crippen LogP contribution < -0.4 is 0 Å². The molecule has 0 atom stereocenters. The second-order valence-electron chi connectivity index (χ2n) is 4.93. The average molecular weight is 271 g/mol. The van der Waals surface area contributed by atoms with Crippen LogP contribution in [-0.4, -0.2) is 47.9 Å². The molecule has 6 nitrogen and oxygen atoms in total. The quantitative estimate of drug-likeness (QED) is 0.759. The highest BCUT2D eigenvalue weighted by Gasteiger charge is 2.35. The first kappa shape index (κ1) is 12.8. The van der Waals surface area contributed by atoms with Crippen LogP contribution in [0.4, 0.5) is 0 Å². The second kappa shape index (κ2) is 4.69. The molecule has 0 N–H and O–H groups in total. The maximum atomic E-state index is 9.40. The van der Waals surface area contributed by atoms with E-state index in [1.165, 1.54) is 0 Å². The Morgan fingerprint density at radius 2 is 2.30 bits per heavy atom. The first-order valence-corrected chi connectivity index (χ1v) is 6.63. The fourth-order valence-corrected chi connectivity index (χ4v) is 2.75. The topological polar surface area (TPSA) is 55.1 Å². The standard InChI is InChI=1S/C14H17N5O/c1-4-17-7-10(2)12(5-15)13-14(17)19-9-18(20-3)8-11(19)6-16-13/h6,8H,4,7,9H2,1-3H3. The van der Waals surface area contributed by atoms with Crippen LogP contribution in [0, 0.1) is 11.3 Å². The zero-order valence-corrected chi connectivity index (χ0v) is 11.9. The number of fused-ring (bicyclic) bond motifs is 2. The molecule has 0 saturated carbocycles. The fourth-order valence-electron chi connectivity index (χ4n) is 2.75. The summed E-state index contributed by atoms with van der Waals surface area (Å²) in [5.74, 6) is 1.00. The number of likely N-dealkylation sites (N-methyl/N-ethyl adjacent to an activating group) is 1. The van der Waals surface area contributed by atoms with E-state index < -0.39 is 0 Å². The van der Waals surface area contributed by atoms with Gasteiger partial charge in [-0.3, -0.25) is 4.84 Å². The Morgan fingerprint density at radius 3 is 2.95 bits per heavy atom. The smallest absolute Gasteiger partial charge is 0.138 e. The summed E-state index contributed by atoms with van der Waals surface area (Å²) in [7, 11) is 1.64. The molecule has 0 bridgehead atoms. The molecule has 104 valence electrons. The zero-order chi connectivity index (χ0) is 14.3. The lowest BCUT2D eigenvalue weighted by Crippen LogP contribution is -2.41. The minimum Gasteiger partial charge on any atom is -0.352 e. The Labute approximate surface area is 118 Å². The van der Waals surface area contributed by atoms with Crippen LogP contribution in [0.3, 0.4) is 0 Å². The van der Waals surface area contributed by atoms with E-state index in [4.69, 9.17) is 4.84 Å². The largest absolute Gasteiger partial charge is 0.352 e. The average Bonchev–Trinajstić information content (AvgIpc) is 2.89. The first-order chi connectivity index (χ1) is 9.69. The molecule has 0 aliphatic carbocycles. The molecule has 0 unspecified atom stereocenters. The number of rotatable bonds is 2. The number of hydroxylamine groups is 2. The summed E-state index contributed by atoms with van der Waals surface area (Å²) >= 11 is 0. The summed E-state index contributed by atoms with van der Waals surface area (Å²) in [6, 6.07) is 2.29. The molecule has 6 heteroatoms. The van der Waals surface area contributed by atoms with Gasteiger partial charge in [0.25, 0.3) is 0 Å². The lowest BCUT2D eigenvalue weighted by atomic mass is 10.0. The number of hydrogen-bond acceptors (Lipinski definition) is 6. The SMILES string of the molecule is CCN1CC(C)=C(C#N)C2=C1N1CN(OC)C=C1C=N2. The Bertz CT molecular complexity index is 608. The van der Waals surface area contributed by atoms with Gasteiger partial charge in [-0.05, 0) is 19.4 Å². The molecule has 3 aliphatic heterocycles. The molecule has 3 rings (SSSR count). The molecule has 0 amide bonds. The Morgan fingerprint density at radius 1 is 1.50 bits per heavy atom. The van der Waals surface area contributed by atoms with Gasteiger partial charge in [-0.2, -0.15) is 5.26 Å². The van der Waals surface area contributed by atoms with Gasteiger partial charge in [0, 0.05) is 13.1 Å². The van der Waals surface area contributed by atoms with Gasteiger partial charge in [0.2, 0.25) is 0 Å². The molecule has 0 fully saturated rings. The van der Waals surface area contributed by atoms with E-state index in [0.717, 1.165) is 35.9 Å². The van der Waals surface area contributed by atoms with Crippen molar-refractivity contribution in [2.45, 2.75) is 13.8 Å². The highest BCUT2D eigenvalue weighted by Crippen LogP contribution is 2.36. The van der Waals surface area contributed by atoms with Crippen molar-refractivity contribution in [2.75, 3.05) is 26.9 Å². The molecule has 0 aromatic heterocycles. The van der Waals surface area contributed by atoms with Crippen LogP contribution >= 0.6 is 0 Å². The van der Waals surface area contributed by atoms with Crippen molar-refractivity contribution in [1.29, 1.82) is 5.26 Å². The number of allylic oxidation sites excluding steroid dienone is 2. The van der Waals surface area contributed by atoms with Gasteiger partial charge in [0.05, 0.1) is 30.8 Å². The monoisotopic (exact) mass is 271 g/mol. The lowest BCUT2D eigenvalue weighted by molar-refractivity contribution is -0.0970. The summed E-state index contributed by atoms with van der Waals surface area (Å²) in [6.45, 7) is 6.37. The van der Waals surface area contributed by atoms with Crippen LogP contribution in [0.15, 0.2) is 39.6 Å². The highest BCUT2D eigenvalue weighted by atomic mass is 16.7. The minimum absolute atomic E-state index is 0.616. The van der Waals surface area contributed by atoms with Crippen LogP contribution in [0.1, 0.15) is 13.8 Å². The summed E-state index contributed by atoms with van der Waals surface area (Å²) in [4.78, 5) is 14.1. The Hall–Kier alpha value is -2.26. The first-order valence-electron chi connectivity index (χ1n) is 6.63. The van der Waals surface area contributed by atoms with Crippen molar-refractivity contribution in [3.05, 3.63) is 34.6 Å². The molecule has 3 heterocycles. The normalized spacial score (nSPS) is 21.1. The number of aliphatic imine (C=N–C) groups is 1. The molecular formula is C14H17N5O. The molecule has 0 spiro atoms. The molecule has 0 radical (unpaired) electrons. The van der Waals surface area contributed by atoms with Crippen molar-refractivity contribution in [2.24, 2.45) is 4.99 Å². The van der Waals surface area contributed by atoms with Gasteiger partial charge in [0.15, 0.2) is 0 Å². The summed E-state index contributed by atoms with van der Waals surface area (Å²) in [5, 5.41) is 11.1. The number of nitriles is 1. The molecule has 0 saturated heterocycles. The van der Waals surface area contributed by atoms with Crippen molar-refractivity contribution in [3.63, 3.8) is 0 Å². The van der Waals surface area contributed by atoms with Gasteiger partial charge in [-0.25, -0.2) is 10.1 Å². The zero-order valence-electron chi connectivity index (χ0n) is 11.9. The fraction of sp³-hybridized carbons (Fsp3) is 0.429. The van der Waals surface area contributed by atoms with Crippen molar-refractivity contribution in [1.82, 2.24) is 14.9 Å². The number of nitrogens with zero attached hydrogens (tertiary/aromatic N) is 5. The third-order valence-corrected chi connectivity index (χ3v) is 3.78. The Kier molecular flexibility index (Phi) is 2.99. The van der Waals surface area contributed by atoms with E-state index in [9.17, 15) is 5.26 Å². The van der Waals surface area contributed by atoms with Crippen LogP contribution in [0.2, 0.25) is 0 Å². The van der Waals surface area contributed by atoms with Crippen LogP contribution in [0.5, 0.6) is 0 Å². The third kappa shape index (κ3) is 1.71. The number of hydrogen-bond donors (Lipinski definition) is 0. The van der Waals surface area contributed by atoms with Crippen molar-refractivity contribution in [3.8, 4) is 6.07 Å². The molecule has 20 heavy (non-hydrogen) atoms. The lowest BCUT2D eigenvalue weighted by Gasteiger charge is -2.39. The Balaban J connectivity index is 2.09. The van der Waals surface area contributed by atoms with E-state index in [0.29, 0.717) is 12.2 Å². The minimum atomic E-state index is 0.616. The predicted molar refractivity (Wildman–Crippen MR) is 74.7 cm³/mol. The van der Waals surface area contributed by atoms with E-state index in [-0.39, 0.29) is 0 Å². The third-order valence-electron chi connectivity index (χ3n) is 3.78. The molecule has 3 aliphatic rings. The van der Waals surface area contributed by atoms with Gasteiger partial charge in [-0.15, -0.1) is 0 Å². The summed E-state index contributed by atoms with van der Waals surface area (Å²) in [5.41, 5.74) is 3.52. The highest BCUT2D eigenvalue weighted by molar-refractivity contribution is 5.82. The van der Waals surface area contributed by atoms with E-state index in [2.05, 4.69) is 27.8 Å². The van der Waals surface area contributed by atoms with Gasteiger partial charge >= 0.3 is 0 Å². The molecule has 0 aromatic carbocycles. The predicted octanol–water partition coefficient (Wildman–Crippen LogP) is 1.39. The van der Waals surface area contributed by atoms with E-state index in [1.807, 2.05) is 13.1 Å². The molecule has 0 aromatic rings. The van der Waals surface area contributed by atoms with Crippen LogP contribution in [0.25, 0.3) is 0 Å². The van der Waals surface area contributed by atoms with Gasteiger partial charge < -0.3 is 9.80 Å². The van der Waals surface area contributed by atoms with E-state index in [1.54, 1.807) is 18.4 Å². The summed E-state index contributed by atoms with van der Waals surface area (Å²) < 4.78 is 0. The van der Waals surface area contributed by atoms with E-state index >= 15 is 0 Å². The molecular weight excluding hydrogens is 254 g/mol. The van der Waals surface area contributed by atoms with Crippen molar-refractivity contribution >= 4 is 6.21 Å². The van der Waals surface area contributed by atoms with Gasteiger partial charge in [0.1, 0.15) is 24.3 Å².